The van der Waals surface area contributed by atoms with Gasteiger partial charge in [0.1, 0.15) is 5.69 Å². The summed E-state index contributed by atoms with van der Waals surface area (Å²) in [6.07, 6.45) is 0.782. The molecule has 21 heavy (non-hydrogen) atoms. The Kier molecular flexibility index (Phi) is 4.18. The Labute approximate surface area is 121 Å². The SMILES string of the molecule is CCc1ccccc1Nc1ccc(C(=O)O)cc1[N+](=O)[O-]. The Morgan fingerprint density at radius 1 is 1.24 bits per heavy atom. The maximum Gasteiger partial charge on any atom is 0.335 e. The first-order chi connectivity index (χ1) is 10.0. The van der Waals surface area contributed by atoms with Crippen molar-refractivity contribution in [2.45, 2.75) is 13.3 Å². The second kappa shape index (κ2) is 6.04. The molecule has 0 unspecified atom stereocenters. The average Bonchev–Trinajstić information content (AvgIpc) is 2.47. The van der Waals surface area contributed by atoms with E-state index >= 15 is 0 Å². The van der Waals surface area contributed by atoms with Crippen molar-refractivity contribution < 1.29 is 14.8 Å². The van der Waals surface area contributed by atoms with Gasteiger partial charge in [0, 0.05) is 11.8 Å². The number of nitro benzene ring substituents is 1. The maximum absolute atomic E-state index is 11.1. The predicted octanol–water partition coefficient (Wildman–Crippen LogP) is 3.60. The minimum Gasteiger partial charge on any atom is -0.478 e. The average molecular weight is 286 g/mol. The molecular formula is C15H14N2O4. The van der Waals surface area contributed by atoms with Gasteiger partial charge in [-0.3, -0.25) is 10.1 Å². The highest BCUT2D eigenvalue weighted by molar-refractivity contribution is 5.90. The van der Waals surface area contributed by atoms with Gasteiger partial charge in [0.25, 0.3) is 5.69 Å². The van der Waals surface area contributed by atoms with E-state index in [0.29, 0.717) is 0 Å². The second-order valence-corrected chi connectivity index (χ2v) is 4.43. The number of nitrogens with zero attached hydrogens (tertiary/aromatic N) is 1. The normalized spacial score (nSPS) is 10.1. The van der Waals surface area contributed by atoms with Crippen molar-refractivity contribution in [3.8, 4) is 0 Å². The quantitative estimate of drug-likeness (QED) is 0.647. The third-order valence-electron chi connectivity index (χ3n) is 3.11. The van der Waals surface area contributed by atoms with E-state index in [1.807, 2.05) is 31.2 Å². The van der Waals surface area contributed by atoms with Crippen molar-refractivity contribution in [3.05, 3.63) is 63.7 Å². The minimum atomic E-state index is -1.20. The van der Waals surface area contributed by atoms with Crippen LogP contribution < -0.4 is 5.32 Å². The molecule has 0 amide bonds. The topological polar surface area (TPSA) is 92.5 Å². The molecule has 0 aromatic heterocycles. The van der Waals surface area contributed by atoms with Crippen LogP contribution in [0, 0.1) is 10.1 Å². The van der Waals surface area contributed by atoms with Crippen molar-refractivity contribution in [1.82, 2.24) is 0 Å². The number of carbonyl (C=O) groups is 1. The fraction of sp³-hybridized carbons (Fsp3) is 0.133. The van der Waals surface area contributed by atoms with E-state index in [-0.39, 0.29) is 16.9 Å². The third-order valence-corrected chi connectivity index (χ3v) is 3.11. The van der Waals surface area contributed by atoms with Crippen LogP contribution in [0.4, 0.5) is 17.1 Å². The number of anilines is 2. The van der Waals surface area contributed by atoms with Gasteiger partial charge in [-0.05, 0) is 30.2 Å². The van der Waals surface area contributed by atoms with Gasteiger partial charge in [0.2, 0.25) is 0 Å². The highest BCUT2D eigenvalue weighted by Crippen LogP contribution is 2.30. The summed E-state index contributed by atoms with van der Waals surface area (Å²) in [7, 11) is 0. The molecule has 0 fully saturated rings. The number of nitro groups is 1. The van der Waals surface area contributed by atoms with Crippen LogP contribution in [0.1, 0.15) is 22.8 Å². The van der Waals surface area contributed by atoms with Crippen LogP contribution in [-0.4, -0.2) is 16.0 Å². The van der Waals surface area contributed by atoms with Gasteiger partial charge in [0.15, 0.2) is 0 Å². The zero-order valence-corrected chi connectivity index (χ0v) is 11.4. The first kappa shape index (κ1) is 14.5. The van der Waals surface area contributed by atoms with Gasteiger partial charge in [-0.1, -0.05) is 25.1 Å². The van der Waals surface area contributed by atoms with Crippen molar-refractivity contribution in [2.75, 3.05) is 5.32 Å². The molecule has 0 saturated heterocycles. The highest BCUT2D eigenvalue weighted by Gasteiger charge is 2.17. The Morgan fingerprint density at radius 3 is 2.57 bits per heavy atom. The fourth-order valence-electron chi connectivity index (χ4n) is 2.02. The first-order valence-electron chi connectivity index (χ1n) is 6.39. The molecule has 6 nitrogen and oxygen atoms in total. The molecule has 0 aliphatic carbocycles. The molecule has 0 saturated carbocycles. The zero-order valence-electron chi connectivity index (χ0n) is 11.4. The van der Waals surface area contributed by atoms with Gasteiger partial charge < -0.3 is 10.4 Å². The predicted molar refractivity (Wildman–Crippen MR) is 79.2 cm³/mol. The lowest BCUT2D eigenvalue weighted by atomic mass is 10.1. The Morgan fingerprint density at radius 2 is 1.95 bits per heavy atom. The monoisotopic (exact) mass is 286 g/mol. The number of carboxylic acids is 1. The van der Waals surface area contributed by atoms with E-state index < -0.39 is 10.9 Å². The van der Waals surface area contributed by atoms with Crippen LogP contribution in [0.5, 0.6) is 0 Å². The van der Waals surface area contributed by atoms with Crippen LogP contribution in [-0.2, 0) is 6.42 Å². The number of aromatic carboxylic acids is 1. The molecule has 2 rings (SSSR count). The molecule has 6 heteroatoms. The summed E-state index contributed by atoms with van der Waals surface area (Å²) < 4.78 is 0. The third kappa shape index (κ3) is 3.17. The van der Waals surface area contributed by atoms with Gasteiger partial charge in [-0.25, -0.2) is 4.79 Å². The lowest BCUT2D eigenvalue weighted by Crippen LogP contribution is -2.02. The highest BCUT2D eigenvalue weighted by atomic mass is 16.6. The number of hydrogen-bond donors (Lipinski definition) is 2. The van der Waals surface area contributed by atoms with E-state index in [2.05, 4.69) is 5.32 Å². The van der Waals surface area contributed by atoms with Crippen molar-refractivity contribution in [2.24, 2.45) is 0 Å². The van der Waals surface area contributed by atoms with Crippen LogP contribution in [0.25, 0.3) is 0 Å². The van der Waals surface area contributed by atoms with Crippen LogP contribution in [0.15, 0.2) is 42.5 Å². The van der Waals surface area contributed by atoms with Gasteiger partial charge in [-0.2, -0.15) is 0 Å². The number of aryl methyl sites for hydroxylation is 1. The molecule has 0 aliphatic heterocycles. The van der Waals surface area contributed by atoms with Crippen molar-refractivity contribution >= 4 is 23.0 Å². The van der Waals surface area contributed by atoms with E-state index in [0.717, 1.165) is 23.7 Å². The van der Waals surface area contributed by atoms with Gasteiger partial charge >= 0.3 is 5.97 Å². The van der Waals surface area contributed by atoms with E-state index in [4.69, 9.17) is 5.11 Å². The summed E-state index contributed by atoms with van der Waals surface area (Å²) in [6, 6.07) is 11.3. The molecule has 0 atom stereocenters. The number of para-hydroxylation sites is 1. The van der Waals surface area contributed by atoms with E-state index in [1.54, 1.807) is 0 Å². The lowest BCUT2D eigenvalue weighted by molar-refractivity contribution is -0.383. The zero-order chi connectivity index (χ0) is 15.4. The molecule has 108 valence electrons. The van der Waals surface area contributed by atoms with E-state index in [1.165, 1.54) is 12.1 Å². The van der Waals surface area contributed by atoms with E-state index in [9.17, 15) is 14.9 Å². The number of rotatable bonds is 5. The summed E-state index contributed by atoms with van der Waals surface area (Å²) in [5, 5.41) is 23.0. The molecule has 2 N–H and O–H groups in total. The second-order valence-electron chi connectivity index (χ2n) is 4.43. The molecule has 2 aromatic rings. The molecular weight excluding hydrogens is 272 g/mol. The number of hydrogen-bond acceptors (Lipinski definition) is 4. The maximum atomic E-state index is 11.1. The molecule has 0 heterocycles. The van der Waals surface area contributed by atoms with Crippen LogP contribution in [0.2, 0.25) is 0 Å². The first-order valence-corrected chi connectivity index (χ1v) is 6.39. The Bertz CT molecular complexity index is 698. The Hall–Kier alpha value is -2.89. The summed E-state index contributed by atoms with van der Waals surface area (Å²) in [5.41, 5.74) is 1.68. The number of nitrogens with one attached hydrogen (secondary N) is 1. The van der Waals surface area contributed by atoms with Crippen LogP contribution in [0.3, 0.4) is 0 Å². The smallest absolute Gasteiger partial charge is 0.335 e. The standard InChI is InChI=1S/C15H14N2O4/c1-2-10-5-3-4-6-12(10)16-13-8-7-11(15(18)19)9-14(13)17(20)21/h3-9,16H,2H2,1H3,(H,18,19). The molecule has 2 aromatic carbocycles. The largest absolute Gasteiger partial charge is 0.478 e. The summed E-state index contributed by atoms with van der Waals surface area (Å²) in [6.45, 7) is 1.99. The number of carboxylic acid groups (broad SMARTS) is 1. The number of benzene rings is 2. The van der Waals surface area contributed by atoms with Crippen molar-refractivity contribution in [1.29, 1.82) is 0 Å². The lowest BCUT2D eigenvalue weighted by Gasteiger charge is -2.11. The molecule has 0 radical (unpaired) electrons. The fourth-order valence-corrected chi connectivity index (χ4v) is 2.02. The molecule has 0 spiro atoms. The molecule has 0 aliphatic rings. The summed E-state index contributed by atoms with van der Waals surface area (Å²) >= 11 is 0. The Balaban J connectivity index is 2.44. The minimum absolute atomic E-state index is 0.115. The van der Waals surface area contributed by atoms with Crippen molar-refractivity contribution in [3.63, 3.8) is 0 Å². The van der Waals surface area contributed by atoms with Crippen LogP contribution >= 0.6 is 0 Å². The summed E-state index contributed by atoms with van der Waals surface area (Å²) in [5.74, 6) is -1.20. The summed E-state index contributed by atoms with van der Waals surface area (Å²) in [4.78, 5) is 21.4. The van der Waals surface area contributed by atoms with Gasteiger partial charge in [0.05, 0.1) is 10.5 Å². The van der Waals surface area contributed by atoms with Gasteiger partial charge in [-0.15, -0.1) is 0 Å². The molecule has 0 bridgehead atoms.